The van der Waals surface area contributed by atoms with Crippen molar-refractivity contribution in [2.45, 2.75) is 25.7 Å². The topological polar surface area (TPSA) is 55.3 Å². The van der Waals surface area contributed by atoms with Gasteiger partial charge in [0, 0.05) is 45.1 Å². The van der Waals surface area contributed by atoms with E-state index in [1.807, 2.05) is 19.2 Å². The molecule has 7 heteroatoms. The Labute approximate surface area is 187 Å². The quantitative estimate of drug-likeness (QED) is 0.242. The van der Waals surface area contributed by atoms with Crippen LogP contribution < -0.4 is 10.1 Å². The lowest BCUT2D eigenvalue weighted by atomic mass is 9.84. The molecule has 0 amide bonds. The van der Waals surface area contributed by atoms with E-state index in [4.69, 9.17) is 14.2 Å². The van der Waals surface area contributed by atoms with Gasteiger partial charge in [-0.05, 0) is 24.1 Å². The van der Waals surface area contributed by atoms with Gasteiger partial charge in [-0.15, -0.1) is 24.0 Å². The Morgan fingerprint density at radius 2 is 1.93 bits per heavy atom. The molecule has 1 aliphatic rings. The van der Waals surface area contributed by atoms with Crippen LogP contribution in [0, 0.1) is 5.92 Å². The molecule has 28 heavy (non-hydrogen) atoms. The van der Waals surface area contributed by atoms with E-state index in [9.17, 15) is 0 Å². The van der Waals surface area contributed by atoms with Crippen molar-refractivity contribution in [2.75, 3.05) is 60.7 Å². The van der Waals surface area contributed by atoms with Gasteiger partial charge in [-0.2, -0.15) is 0 Å². The number of ether oxygens (including phenoxy) is 3. The summed E-state index contributed by atoms with van der Waals surface area (Å²) in [6.45, 7) is 9.40. The molecule has 0 radical (unpaired) electrons. The van der Waals surface area contributed by atoms with Crippen LogP contribution in [-0.2, 0) is 14.9 Å². The van der Waals surface area contributed by atoms with E-state index >= 15 is 0 Å². The van der Waals surface area contributed by atoms with E-state index < -0.39 is 0 Å². The van der Waals surface area contributed by atoms with Crippen LogP contribution in [0.25, 0.3) is 0 Å². The number of hydrogen-bond donors (Lipinski definition) is 1. The molecular weight excluding hydrogens is 469 g/mol. The van der Waals surface area contributed by atoms with Crippen LogP contribution in [0.5, 0.6) is 5.75 Å². The van der Waals surface area contributed by atoms with Crippen molar-refractivity contribution in [2.24, 2.45) is 10.9 Å². The number of hydrogen-bond acceptors (Lipinski definition) is 4. The Balaban J connectivity index is 0.00000392. The third kappa shape index (κ3) is 7.40. The number of aliphatic imine (C=N–C) groups is 1. The maximum Gasteiger partial charge on any atom is 0.193 e. The van der Waals surface area contributed by atoms with Gasteiger partial charge in [0.1, 0.15) is 5.75 Å². The summed E-state index contributed by atoms with van der Waals surface area (Å²) in [7, 11) is 5.24. The molecule has 0 aliphatic carbocycles. The molecule has 0 aromatic heterocycles. The minimum atomic E-state index is -0.00932. The van der Waals surface area contributed by atoms with E-state index in [2.05, 4.69) is 41.2 Å². The lowest BCUT2D eigenvalue weighted by Crippen LogP contribution is -2.45. The molecule has 1 heterocycles. The van der Waals surface area contributed by atoms with Gasteiger partial charge in [0.2, 0.25) is 0 Å². The molecule has 0 bridgehead atoms. The summed E-state index contributed by atoms with van der Waals surface area (Å²) in [5, 5.41) is 3.56. The standard InChI is InChI=1S/C21H35N3O3.HI/c1-21(2,18-6-8-19(26-5)9-7-18)16-23-20(22-3)24-11-10-17(14-24)15-27-13-12-25-4;/h6-9,17H,10-16H2,1-5H3,(H,22,23);1H. The third-order valence-corrected chi connectivity index (χ3v) is 5.14. The second-order valence-electron chi connectivity index (χ2n) is 7.68. The monoisotopic (exact) mass is 505 g/mol. The van der Waals surface area contributed by atoms with Gasteiger partial charge in [0.05, 0.1) is 26.9 Å². The molecule has 1 aromatic carbocycles. The van der Waals surface area contributed by atoms with Crippen LogP contribution >= 0.6 is 24.0 Å². The first-order chi connectivity index (χ1) is 13.0. The van der Waals surface area contributed by atoms with Crippen molar-refractivity contribution >= 4 is 29.9 Å². The Morgan fingerprint density at radius 1 is 1.21 bits per heavy atom. The predicted molar refractivity (Wildman–Crippen MR) is 125 cm³/mol. The highest BCUT2D eigenvalue weighted by Gasteiger charge is 2.27. The van der Waals surface area contributed by atoms with Crippen LogP contribution in [0.4, 0.5) is 0 Å². The van der Waals surface area contributed by atoms with Gasteiger partial charge in [-0.3, -0.25) is 4.99 Å². The molecule has 6 nitrogen and oxygen atoms in total. The molecule has 0 saturated carbocycles. The lowest BCUT2D eigenvalue weighted by molar-refractivity contribution is 0.0536. The molecule has 0 spiro atoms. The zero-order valence-electron chi connectivity index (χ0n) is 17.9. The number of nitrogens with zero attached hydrogens (tertiary/aromatic N) is 2. The Morgan fingerprint density at radius 3 is 2.54 bits per heavy atom. The average Bonchev–Trinajstić information content (AvgIpc) is 3.14. The number of halogens is 1. The number of methoxy groups -OCH3 is 2. The SMILES string of the molecule is CN=C(NCC(C)(C)c1ccc(OC)cc1)N1CCC(COCCOC)C1.I. The van der Waals surface area contributed by atoms with Crippen LogP contribution in [0.15, 0.2) is 29.3 Å². The second-order valence-corrected chi connectivity index (χ2v) is 7.68. The summed E-state index contributed by atoms with van der Waals surface area (Å²) >= 11 is 0. The van der Waals surface area contributed by atoms with Crippen LogP contribution in [0.3, 0.4) is 0 Å². The fourth-order valence-electron chi connectivity index (χ4n) is 3.33. The number of benzene rings is 1. The molecule has 1 saturated heterocycles. The van der Waals surface area contributed by atoms with Gasteiger partial charge < -0.3 is 24.4 Å². The smallest absolute Gasteiger partial charge is 0.193 e. The first-order valence-corrected chi connectivity index (χ1v) is 9.67. The maximum atomic E-state index is 5.69. The fraction of sp³-hybridized carbons (Fsp3) is 0.667. The molecule has 160 valence electrons. The molecule has 1 aliphatic heterocycles. The number of nitrogens with one attached hydrogen (secondary N) is 1. The molecule has 1 aromatic rings. The highest BCUT2D eigenvalue weighted by Crippen LogP contribution is 2.25. The number of rotatable bonds is 9. The molecular formula is C21H36IN3O3. The van der Waals surface area contributed by atoms with Crippen molar-refractivity contribution in [1.82, 2.24) is 10.2 Å². The van der Waals surface area contributed by atoms with Gasteiger partial charge in [-0.25, -0.2) is 0 Å². The van der Waals surface area contributed by atoms with Gasteiger partial charge in [0.15, 0.2) is 5.96 Å². The first-order valence-electron chi connectivity index (χ1n) is 9.67. The van der Waals surface area contributed by atoms with Crippen molar-refractivity contribution in [3.63, 3.8) is 0 Å². The van der Waals surface area contributed by atoms with Gasteiger partial charge in [-0.1, -0.05) is 26.0 Å². The molecule has 1 atom stereocenters. The summed E-state index contributed by atoms with van der Waals surface area (Å²) in [6, 6.07) is 8.29. The zero-order chi connectivity index (χ0) is 19.7. The van der Waals surface area contributed by atoms with E-state index in [1.54, 1.807) is 14.2 Å². The minimum absolute atomic E-state index is 0. The molecule has 2 rings (SSSR count). The highest BCUT2D eigenvalue weighted by molar-refractivity contribution is 14.0. The molecule has 1 fully saturated rings. The van der Waals surface area contributed by atoms with Crippen LogP contribution in [0.2, 0.25) is 0 Å². The van der Waals surface area contributed by atoms with E-state index in [0.29, 0.717) is 19.1 Å². The summed E-state index contributed by atoms with van der Waals surface area (Å²) in [6.07, 6.45) is 1.13. The van der Waals surface area contributed by atoms with E-state index in [0.717, 1.165) is 44.4 Å². The third-order valence-electron chi connectivity index (χ3n) is 5.14. The summed E-state index contributed by atoms with van der Waals surface area (Å²) in [5.74, 6) is 2.40. The zero-order valence-corrected chi connectivity index (χ0v) is 20.2. The van der Waals surface area contributed by atoms with Gasteiger partial charge >= 0.3 is 0 Å². The normalized spacial score (nSPS) is 17.4. The fourth-order valence-corrected chi connectivity index (χ4v) is 3.33. The minimum Gasteiger partial charge on any atom is -0.497 e. The first kappa shape index (κ1) is 25.0. The molecule has 1 N–H and O–H groups in total. The Bertz CT molecular complexity index is 593. The summed E-state index contributed by atoms with van der Waals surface area (Å²) in [5.41, 5.74) is 1.27. The summed E-state index contributed by atoms with van der Waals surface area (Å²) in [4.78, 5) is 6.82. The molecule has 1 unspecified atom stereocenters. The summed E-state index contributed by atoms with van der Waals surface area (Å²) < 4.78 is 16.0. The predicted octanol–water partition coefficient (Wildman–Crippen LogP) is 3.15. The van der Waals surface area contributed by atoms with Crippen molar-refractivity contribution < 1.29 is 14.2 Å². The van der Waals surface area contributed by atoms with Gasteiger partial charge in [0.25, 0.3) is 0 Å². The van der Waals surface area contributed by atoms with E-state index in [1.165, 1.54) is 5.56 Å². The second kappa shape index (κ2) is 12.5. The number of guanidine groups is 1. The average molecular weight is 505 g/mol. The maximum absolute atomic E-state index is 5.69. The van der Waals surface area contributed by atoms with E-state index in [-0.39, 0.29) is 29.4 Å². The Hall–Kier alpha value is -1.06. The number of likely N-dealkylation sites (tertiary alicyclic amines) is 1. The largest absolute Gasteiger partial charge is 0.497 e. The van der Waals surface area contributed by atoms with Crippen LogP contribution in [-0.4, -0.2) is 71.6 Å². The Kier molecular flexibility index (Phi) is 11.1. The van der Waals surface area contributed by atoms with Crippen LogP contribution in [0.1, 0.15) is 25.8 Å². The lowest BCUT2D eigenvalue weighted by Gasteiger charge is -2.29. The highest BCUT2D eigenvalue weighted by atomic mass is 127. The van der Waals surface area contributed by atoms with Crippen molar-refractivity contribution in [3.8, 4) is 5.75 Å². The van der Waals surface area contributed by atoms with Crippen molar-refractivity contribution in [3.05, 3.63) is 29.8 Å². The van der Waals surface area contributed by atoms with Crippen molar-refractivity contribution in [1.29, 1.82) is 0 Å².